The maximum atomic E-state index is 11.5. The molecule has 0 fully saturated rings. The second kappa shape index (κ2) is 5.06. The fourth-order valence-electron chi connectivity index (χ4n) is 1.61. The zero-order chi connectivity index (χ0) is 13.1. The van der Waals surface area contributed by atoms with E-state index in [0.717, 1.165) is 5.56 Å². The molecule has 92 valence electrons. The van der Waals surface area contributed by atoms with Crippen LogP contribution in [0.4, 0.5) is 0 Å². The van der Waals surface area contributed by atoms with Gasteiger partial charge in [-0.1, -0.05) is 23.7 Å². The van der Waals surface area contributed by atoms with Crippen LogP contribution in [0.5, 0.6) is 0 Å². The summed E-state index contributed by atoms with van der Waals surface area (Å²) in [7, 11) is 0. The Labute approximate surface area is 108 Å². The zero-order valence-corrected chi connectivity index (χ0v) is 10.1. The highest BCUT2D eigenvalue weighted by Gasteiger charge is 2.08. The van der Waals surface area contributed by atoms with Crippen LogP contribution in [0, 0.1) is 0 Å². The predicted molar refractivity (Wildman–Crippen MR) is 68.3 cm³/mol. The summed E-state index contributed by atoms with van der Waals surface area (Å²) < 4.78 is 0. The minimum atomic E-state index is -1.23. The van der Waals surface area contributed by atoms with E-state index in [1.54, 1.807) is 18.2 Å². The Kier molecular flexibility index (Phi) is 3.48. The molecule has 4 nitrogen and oxygen atoms in total. The lowest BCUT2D eigenvalue weighted by atomic mass is 10.1. The lowest BCUT2D eigenvalue weighted by Crippen LogP contribution is -2.18. The normalized spacial score (nSPS) is 10.3. The molecule has 0 aliphatic rings. The smallest absolute Gasteiger partial charge is 0.341 e. The first-order valence-corrected chi connectivity index (χ1v) is 5.64. The summed E-state index contributed by atoms with van der Waals surface area (Å²) >= 11 is 5.77. The number of aromatic nitrogens is 1. The van der Waals surface area contributed by atoms with Gasteiger partial charge < -0.3 is 10.1 Å². The van der Waals surface area contributed by atoms with Gasteiger partial charge in [-0.2, -0.15) is 0 Å². The number of pyridine rings is 1. The Morgan fingerprint density at radius 3 is 2.39 bits per heavy atom. The Hall–Kier alpha value is -2.07. The quantitative estimate of drug-likeness (QED) is 0.893. The summed E-state index contributed by atoms with van der Waals surface area (Å²) in [6.45, 7) is 0. The van der Waals surface area contributed by atoms with Gasteiger partial charge in [0.25, 0.3) is 5.56 Å². The van der Waals surface area contributed by atoms with Gasteiger partial charge in [0.15, 0.2) is 0 Å². The van der Waals surface area contributed by atoms with Crippen LogP contribution in [-0.2, 0) is 6.42 Å². The molecule has 2 N–H and O–H groups in total. The first-order chi connectivity index (χ1) is 8.56. The van der Waals surface area contributed by atoms with Crippen molar-refractivity contribution < 1.29 is 9.90 Å². The predicted octanol–water partition coefficient (Wildman–Crippen LogP) is 2.32. The third kappa shape index (κ3) is 2.78. The summed E-state index contributed by atoms with van der Waals surface area (Å²) in [6.07, 6.45) is 0.520. The second-order valence-corrected chi connectivity index (χ2v) is 4.27. The lowest BCUT2D eigenvalue weighted by Gasteiger charge is -2.02. The Morgan fingerprint density at radius 2 is 1.83 bits per heavy atom. The number of carboxylic acids is 1. The van der Waals surface area contributed by atoms with E-state index >= 15 is 0 Å². The number of aromatic amines is 1. The minimum Gasteiger partial charge on any atom is -0.477 e. The first-order valence-electron chi connectivity index (χ1n) is 5.26. The van der Waals surface area contributed by atoms with E-state index in [1.807, 2.05) is 12.1 Å². The number of rotatable bonds is 3. The SMILES string of the molecule is O=C(O)c1ccc(Cc2ccc(Cl)cc2)[nH]c1=O. The highest BCUT2D eigenvalue weighted by Crippen LogP contribution is 2.12. The first kappa shape index (κ1) is 12.4. The van der Waals surface area contributed by atoms with Crippen molar-refractivity contribution in [2.24, 2.45) is 0 Å². The molecule has 5 heteroatoms. The van der Waals surface area contributed by atoms with Gasteiger partial charge in [-0.25, -0.2) is 4.79 Å². The summed E-state index contributed by atoms with van der Waals surface area (Å²) in [5.74, 6) is -1.23. The molecule has 0 saturated carbocycles. The Bertz CT molecular complexity index is 631. The Morgan fingerprint density at radius 1 is 1.17 bits per heavy atom. The van der Waals surface area contributed by atoms with Gasteiger partial charge in [-0.05, 0) is 29.8 Å². The molecule has 18 heavy (non-hydrogen) atoms. The van der Waals surface area contributed by atoms with Crippen molar-refractivity contribution in [3.05, 3.63) is 68.6 Å². The number of carboxylic acid groups (broad SMARTS) is 1. The molecule has 0 aliphatic heterocycles. The van der Waals surface area contributed by atoms with Crippen LogP contribution in [0.3, 0.4) is 0 Å². The monoisotopic (exact) mass is 263 g/mol. The summed E-state index contributed by atoms with van der Waals surface area (Å²) in [6, 6.07) is 10.1. The van der Waals surface area contributed by atoms with Crippen molar-refractivity contribution in [3.63, 3.8) is 0 Å². The molecule has 1 aromatic heterocycles. The second-order valence-electron chi connectivity index (χ2n) is 3.83. The van der Waals surface area contributed by atoms with Crippen LogP contribution in [0.1, 0.15) is 21.6 Å². The van der Waals surface area contributed by atoms with E-state index in [2.05, 4.69) is 4.98 Å². The number of carbonyl (C=O) groups is 1. The number of aromatic carboxylic acids is 1. The third-order valence-corrected chi connectivity index (χ3v) is 2.76. The molecular formula is C13H10ClNO3. The lowest BCUT2D eigenvalue weighted by molar-refractivity contribution is 0.0695. The number of hydrogen-bond donors (Lipinski definition) is 2. The van der Waals surface area contributed by atoms with Crippen molar-refractivity contribution in [1.82, 2.24) is 4.98 Å². The maximum Gasteiger partial charge on any atom is 0.341 e. The number of nitrogens with one attached hydrogen (secondary N) is 1. The number of H-pyrrole nitrogens is 1. The average Bonchev–Trinajstić information content (AvgIpc) is 2.32. The molecule has 0 saturated heterocycles. The average molecular weight is 264 g/mol. The molecule has 1 aromatic carbocycles. The van der Waals surface area contributed by atoms with Crippen molar-refractivity contribution in [1.29, 1.82) is 0 Å². The molecule has 0 radical (unpaired) electrons. The molecule has 0 amide bonds. The fourth-order valence-corrected chi connectivity index (χ4v) is 1.73. The van der Waals surface area contributed by atoms with Gasteiger partial charge in [0.1, 0.15) is 5.56 Å². The van der Waals surface area contributed by atoms with Crippen molar-refractivity contribution >= 4 is 17.6 Å². The van der Waals surface area contributed by atoms with Gasteiger partial charge in [0, 0.05) is 17.1 Å². The highest BCUT2D eigenvalue weighted by atomic mass is 35.5. The number of hydrogen-bond acceptors (Lipinski definition) is 2. The van der Waals surface area contributed by atoms with Crippen LogP contribution in [-0.4, -0.2) is 16.1 Å². The van der Waals surface area contributed by atoms with Crippen molar-refractivity contribution in [2.45, 2.75) is 6.42 Å². The largest absolute Gasteiger partial charge is 0.477 e. The molecule has 0 aliphatic carbocycles. The standard InChI is InChI=1S/C13H10ClNO3/c14-9-3-1-8(2-4-9)7-10-5-6-11(13(17)18)12(16)15-10/h1-6H,7H2,(H,15,16)(H,17,18). The van der Waals surface area contributed by atoms with Crippen molar-refractivity contribution in [2.75, 3.05) is 0 Å². The van der Waals surface area contributed by atoms with Gasteiger partial charge in [-0.15, -0.1) is 0 Å². The van der Waals surface area contributed by atoms with Gasteiger partial charge in [-0.3, -0.25) is 4.79 Å². The number of benzene rings is 1. The van der Waals surface area contributed by atoms with Crippen LogP contribution >= 0.6 is 11.6 Å². The molecule has 0 bridgehead atoms. The van der Waals surface area contributed by atoms with Crippen LogP contribution < -0.4 is 5.56 Å². The van der Waals surface area contributed by atoms with Gasteiger partial charge in [0.05, 0.1) is 0 Å². The summed E-state index contributed by atoms with van der Waals surface area (Å²) in [5.41, 5.74) is 0.800. The van der Waals surface area contributed by atoms with Crippen LogP contribution in [0.2, 0.25) is 5.02 Å². The van der Waals surface area contributed by atoms with E-state index < -0.39 is 11.5 Å². The van der Waals surface area contributed by atoms with Gasteiger partial charge in [0.2, 0.25) is 0 Å². The molecule has 0 spiro atoms. The van der Waals surface area contributed by atoms with Crippen LogP contribution in [0.15, 0.2) is 41.2 Å². The molecule has 2 rings (SSSR count). The fraction of sp³-hybridized carbons (Fsp3) is 0.0769. The molecular weight excluding hydrogens is 254 g/mol. The summed E-state index contributed by atoms with van der Waals surface area (Å²) in [5, 5.41) is 9.39. The molecule has 1 heterocycles. The minimum absolute atomic E-state index is 0.255. The highest BCUT2D eigenvalue weighted by molar-refractivity contribution is 6.30. The molecule has 2 aromatic rings. The summed E-state index contributed by atoms with van der Waals surface area (Å²) in [4.78, 5) is 24.7. The maximum absolute atomic E-state index is 11.5. The topological polar surface area (TPSA) is 70.2 Å². The molecule has 0 atom stereocenters. The van der Waals surface area contributed by atoms with E-state index in [9.17, 15) is 9.59 Å². The Balaban J connectivity index is 2.25. The molecule has 0 unspecified atom stereocenters. The van der Waals surface area contributed by atoms with E-state index in [4.69, 9.17) is 16.7 Å². The number of halogens is 1. The van der Waals surface area contributed by atoms with E-state index in [0.29, 0.717) is 17.1 Å². The van der Waals surface area contributed by atoms with Crippen molar-refractivity contribution in [3.8, 4) is 0 Å². The van der Waals surface area contributed by atoms with Gasteiger partial charge >= 0.3 is 5.97 Å². The zero-order valence-electron chi connectivity index (χ0n) is 9.31. The van der Waals surface area contributed by atoms with Crippen LogP contribution in [0.25, 0.3) is 0 Å². The van der Waals surface area contributed by atoms with E-state index in [-0.39, 0.29) is 5.56 Å². The third-order valence-electron chi connectivity index (χ3n) is 2.51. The van der Waals surface area contributed by atoms with E-state index in [1.165, 1.54) is 6.07 Å².